The highest BCUT2D eigenvalue weighted by Crippen LogP contribution is 2.20. The van der Waals surface area contributed by atoms with E-state index >= 15 is 0 Å². The van der Waals surface area contributed by atoms with E-state index in [1.807, 2.05) is 31.2 Å². The fourth-order valence-electron chi connectivity index (χ4n) is 1.85. The molecule has 1 aromatic rings. The summed E-state index contributed by atoms with van der Waals surface area (Å²) in [7, 11) is 0. The Hall–Kier alpha value is -1.84. The normalized spacial score (nSPS) is 19.4. The summed E-state index contributed by atoms with van der Waals surface area (Å²) in [5.41, 5.74) is 2.18. The minimum absolute atomic E-state index is 0.283. The molecule has 84 valence electrons. The molecular weight excluding hydrogens is 206 g/mol. The smallest absolute Gasteiger partial charge is 0.317 e. The zero-order valence-corrected chi connectivity index (χ0v) is 9.01. The van der Waals surface area contributed by atoms with Crippen molar-refractivity contribution in [2.75, 3.05) is 6.54 Å². The number of carbonyl (C=O) groups excluding carboxylic acids is 1. The molecule has 4 nitrogen and oxygen atoms in total. The van der Waals surface area contributed by atoms with Crippen LogP contribution in [0.15, 0.2) is 24.3 Å². The second-order valence-electron chi connectivity index (χ2n) is 4.10. The van der Waals surface area contributed by atoms with Gasteiger partial charge in [-0.25, -0.2) is 0 Å². The Morgan fingerprint density at radius 3 is 2.88 bits per heavy atom. The Labute approximate surface area is 93.5 Å². The highest BCUT2D eigenvalue weighted by atomic mass is 16.4. The number of carboxylic acid groups (broad SMARTS) is 1. The number of benzene rings is 1. The zero-order valence-electron chi connectivity index (χ0n) is 9.01. The predicted molar refractivity (Wildman–Crippen MR) is 57.7 cm³/mol. The van der Waals surface area contributed by atoms with Gasteiger partial charge in [-0.05, 0) is 12.5 Å². The molecule has 16 heavy (non-hydrogen) atoms. The van der Waals surface area contributed by atoms with Gasteiger partial charge in [-0.15, -0.1) is 0 Å². The number of likely N-dealkylation sites (tertiary alicyclic amines) is 1. The predicted octanol–water partition coefficient (Wildman–Crippen LogP) is 1.04. The minimum Gasteiger partial charge on any atom is -0.481 e. The Balaban J connectivity index is 1.98. The molecule has 1 amide bonds. The highest BCUT2D eigenvalue weighted by molar-refractivity contribution is 6.01. The van der Waals surface area contributed by atoms with Gasteiger partial charge >= 0.3 is 5.97 Å². The molecular formula is C12H13NO3. The second kappa shape index (κ2) is 3.96. The van der Waals surface area contributed by atoms with Crippen molar-refractivity contribution >= 4 is 11.9 Å². The monoisotopic (exact) mass is 219 g/mol. The number of β-lactam (4-membered cyclic amide) rings is 1. The average Bonchev–Trinajstić information content (AvgIpc) is 2.22. The van der Waals surface area contributed by atoms with E-state index in [9.17, 15) is 9.59 Å². The largest absolute Gasteiger partial charge is 0.481 e. The molecule has 1 aromatic carbocycles. The molecule has 0 saturated carbocycles. The lowest BCUT2D eigenvalue weighted by Crippen LogP contribution is -2.54. The summed E-state index contributed by atoms with van der Waals surface area (Å²) in [4.78, 5) is 23.6. The van der Waals surface area contributed by atoms with Crippen LogP contribution in [0, 0.1) is 12.8 Å². The van der Waals surface area contributed by atoms with Gasteiger partial charge < -0.3 is 10.0 Å². The summed E-state index contributed by atoms with van der Waals surface area (Å²) in [5, 5.41) is 8.68. The van der Waals surface area contributed by atoms with Crippen LogP contribution >= 0.6 is 0 Å². The zero-order chi connectivity index (χ0) is 11.7. The molecule has 1 unspecified atom stereocenters. The van der Waals surface area contributed by atoms with Crippen LogP contribution in [0.1, 0.15) is 11.1 Å². The summed E-state index contributed by atoms with van der Waals surface area (Å²) < 4.78 is 0. The van der Waals surface area contributed by atoms with E-state index in [-0.39, 0.29) is 5.91 Å². The topological polar surface area (TPSA) is 57.6 Å². The molecule has 1 N–H and O–H groups in total. The van der Waals surface area contributed by atoms with Crippen LogP contribution in [0.3, 0.4) is 0 Å². The van der Waals surface area contributed by atoms with Crippen LogP contribution in [-0.4, -0.2) is 28.4 Å². The number of rotatable bonds is 3. The first-order chi connectivity index (χ1) is 7.58. The summed E-state index contributed by atoms with van der Waals surface area (Å²) >= 11 is 0. The number of aryl methyl sites for hydroxylation is 1. The maximum Gasteiger partial charge on any atom is 0.317 e. The van der Waals surface area contributed by atoms with Crippen molar-refractivity contribution < 1.29 is 14.7 Å². The number of nitrogens with zero attached hydrogens (tertiary/aromatic N) is 1. The molecule has 1 saturated heterocycles. The molecule has 1 fully saturated rings. The summed E-state index contributed by atoms with van der Waals surface area (Å²) in [6.07, 6.45) is 0. The molecule has 0 radical (unpaired) electrons. The van der Waals surface area contributed by atoms with Gasteiger partial charge in [-0.3, -0.25) is 9.59 Å². The van der Waals surface area contributed by atoms with Gasteiger partial charge in [-0.2, -0.15) is 0 Å². The van der Waals surface area contributed by atoms with Crippen molar-refractivity contribution in [1.29, 1.82) is 0 Å². The van der Waals surface area contributed by atoms with Crippen LogP contribution in [0.25, 0.3) is 0 Å². The van der Waals surface area contributed by atoms with Crippen molar-refractivity contribution in [3.05, 3.63) is 35.4 Å². The molecule has 0 aromatic heterocycles. The van der Waals surface area contributed by atoms with Crippen molar-refractivity contribution in [1.82, 2.24) is 4.90 Å². The quantitative estimate of drug-likeness (QED) is 0.610. The van der Waals surface area contributed by atoms with Crippen molar-refractivity contribution in [3.63, 3.8) is 0 Å². The number of carboxylic acids is 1. The van der Waals surface area contributed by atoms with Gasteiger partial charge in [0.15, 0.2) is 5.92 Å². The number of hydrogen-bond acceptors (Lipinski definition) is 2. The first-order valence-corrected chi connectivity index (χ1v) is 5.15. The van der Waals surface area contributed by atoms with E-state index in [4.69, 9.17) is 5.11 Å². The molecule has 0 bridgehead atoms. The van der Waals surface area contributed by atoms with E-state index in [1.54, 1.807) is 4.90 Å². The van der Waals surface area contributed by atoms with Crippen molar-refractivity contribution in [2.24, 2.45) is 5.92 Å². The Morgan fingerprint density at radius 1 is 1.56 bits per heavy atom. The van der Waals surface area contributed by atoms with E-state index in [0.29, 0.717) is 13.1 Å². The Morgan fingerprint density at radius 2 is 2.31 bits per heavy atom. The maximum absolute atomic E-state index is 11.4. The van der Waals surface area contributed by atoms with Crippen molar-refractivity contribution in [3.8, 4) is 0 Å². The second-order valence-corrected chi connectivity index (χ2v) is 4.10. The lowest BCUT2D eigenvalue weighted by Gasteiger charge is -2.36. The lowest BCUT2D eigenvalue weighted by molar-refractivity contribution is -0.162. The molecule has 1 heterocycles. The van der Waals surface area contributed by atoms with Gasteiger partial charge in [0, 0.05) is 13.1 Å². The van der Waals surface area contributed by atoms with Crippen LogP contribution in [-0.2, 0) is 16.1 Å². The molecule has 0 spiro atoms. The molecule has 1 aliphatic rings. The number of hydrogen-bond donors (Lipinski definition) is 1. The molecule has 4 heteroatoms. The van der Waals surface area contributed by atoms with E-state index in [0.717, 1.165) is 11.1 Å². The standard InChI is InChI=1S/C12H13NO3/c1-8-3-2-4-9(5-8)6-13-7-10(11(13)14)12(15)16/h2-5,10H,6-7H2,1H3,(H,15,16). The lowest BCUT2D eigenvalue weighted by atomic mass is 9.98. The van der Waals surface area contributed by atoms with Gasteiger partial charge in [0.2, 0.25) is 5.91 Å². The average molecular weight is 219 g/mol. The van der Waals surface area contributed by atoms with E-state index in [1.165, 1.54) is 0 Å². The van der Waals surface area contributed by atoms with Crippen LogP contribution < -0.4 is 0 Å². The fraction of sp³-hybridized carbons (Fsp3) is 0.333. The van der Waals surface area contributed by atoms with Crippen LogP contribution in [0.2, 0.25) is 0 Å². The van der Waals surface area contributed by atoms with Crippen molar-refractivity contribution in [2.45, 2.75) is 13.5 Å². The first kappa shape index (κ1) is 10.7. The number of carbonyl (C=O) groups is 2. The third-order valence-corrected chi connectivity index (χ3v) is 2.77. The van der Waals surface area contributed by atoms with E-state index in [2.05, 4.69) is 0 Å². The molecule has 1 aliphatic heterocycles. The number of aliphatic carboxylic acids is 1. The Kier molecular flexibility index (Phi) is 2.64. The van der Waals surface area contributed by atoms with Gasteiger partial charge in [0.1, 0.15) is 0 Å². The molecule has 1 atom stereocenters. The van der Waals surface area contributed by atoms with Crippen LogP contribution in [0.4, 0.5) is 0 Å². The van der Waals surface area contributed by atoms with Crippen LogP contribution in [0.5, 0.6) is 0 Å². The maximum atomic E-state index is 11.4. The van der Waals surface area contributed by atoms with Gasteiger partial charge in [0.05, 0.1) is 0 Å². The highest BCUT2D eigenvalue weighted by Gasteiger charge is 2.41. The molecule has 0 aliphatic carbocycles. The minimum atomic E-state index is -1.02. The van der Waals surface area contributed by atoms with Gasteiger partial charge in [-0.1, -0.05) is 29.8 Å². The van der Waals surface area contributed by atoms with Gasteiger partial charge in [0.25, 0.3) is 0 Å². The SMILES string of the molecule is Cc1cccc(CN2CC(C(=O)O)C2=O)c1. The fourth-order valence-corrected chi connectivity index (χ4v) is 1.85. The molecule has 2 rings (SSSR count). The number of amides is 1. The first-order valence-electron chi connectivity index (χ1n) is 5.15. The third-order valence-electron chi connectivity index (χ3n) is 2.77. The summed E-state index contributed by atoms with van der Waals surface area (Å²) in [6.45, 7) is 2.81. The summed E-state index contributed by atoms with van der Waals surface area (Å²) in [5.74, 6) is -2.13. The summed E-state index contributed by atoms with van der Waals surface area (Å²) in [6, 6.07) is 7.86. The van der Waals surface area contributed by atoms with E-state index < -0.39 is 11.9 Å². The Bertz CT molecular complexity index is 442. The third kappa shape index (κ3) is 1.91.